The van der Waals surface area contributed by atoms with Gasteiger partial charge < -0.3 is 15.2 Å². The standard InChI is InChI=1S/C17H21N3O3/c1-11(2)12(3)19-16(21)10-18-17(22)14-9-15(23-20-14)13-7-5-4-6-8-13/h4-9,11-12H,10H2,1-3H3,(H,18,22)(H,19,21). The zero-order chi connectivity index (χ0) is 16.8. The van der Waals surface area contributed by atoms with Crippen molar-refractivity contribution >= 4 is 11.8 Å². The molecule has 2 amide bonds. The van der Waals surface area contributed by atoms with E-state index in [-0.39, 0.29) is 24.2 Å². The summed E-state index contributed by atoms with van der Waals surface area (Å²) in [6, 6.07) is 11.0. The van der Waals surface area contributed by atoms with E-state index in [1.165, 1.54) is 0 Å². The van der Waals surface area contributed by atoms with E-state index >= 15 is 0 Å². The van der Waals surface area contributed by atoms with Crippen molar-refractivity contribution in [3.8, 4) is 11.3 Å². The van der Waals surface area contributed by atoms with Gasteiger partial charge in [-0.3, -0.25) is 9.59 Å². The maximum atomic E-state index is 12.0. The van der Waals surface area contributed by atoms with Gasteiger partial charge in [-0.15, -0.1) is 0 Å². The molecule has 0 aliphatic rings. The maximum absolute atomic E-state index is 12.0. The molecule has 2 rings (SSSR count). The van der Waals surface area contributed by atoms with Crippen molar-refractivity contribution in [1.82, 2.24) is 15.8 Å². The first-order valence-electron chi connectivity index (χ1n) is 7.57. The molecule has 6 nitrogen and oxygen atoms in total. The van der Waals surface area contributed by atoms with Gasteiger partial charge in [-0.1, -0.05) is 49.3 Å². The fraction of sp³-hybridized carbons (Fsp3) is 0.353. The molecule has 1 aromatic carbocycles. The molecule has 0 fully saturated rings. The van der Waals surface area contributed by atoms with Crippen LogP contribution in [0.25, 0.3) is 11.3 Å². The van der Waals surface area contributed by atoms with Gasteiger partial charge in [0.1, 0.15) is 0 Å². The second-order valence-electron chi connectivity index (χ2n) is 5.73. The van der Waals surface area contributed by atoms with Gasteiger partial charge in [-0.25, -0.2) is 0 Å². The number of carbonyl (C=O) groups is 2. The van der Waals surface area contributed by atoms with Crippen LogP contribution in [0, 0.1) is 5.92 Å². The Labute approximate surface area is 135 Å². The summed E-state index contributed by atoms with van der Waals surface area (Å²) in [6.45, 7) is 5.87. The Hall–Kier alpha value is -2.63. The van der Waals surface area contributed by atoms with E-state index in [9.17, 15) is 9.59 Å². The van der Waals surface area contributed by atoms with Crippen LogP contribution in [0.3, 0.4) is 0 Å². The van der Waals surface area contributed by atoms with Crippen molar-refractivity contribution < 1.29 is 14.1 Å². The molecule has 1 unspecified atom stereocenters. The molecule has 0 saturated heterocycles. The lowest BCUT2D eigenvalue weighted by Crippen LogP contribution is -2.42. The second-order valence-corrected chi connectivity index (χ2v) is 5.73. The van der Waals surface area contributed by atoms with Gasteiger partial charge in [0.15, 0.2) is 11.5 Å². The van der Waals surface area contributed by atoms with Gasteiger partial charge in [0, 0.05) is 17.7 Å². The number of hydrogen-bond donors (Lipinski definition) is 2. The number of hydrogen-bond acceptors (Lipinski definition) is 4. The van der Waals surface area contributed by atoms with Gasteiger partial charge in [0.05, 0.1) is 6.54 Å². The fourth-order valence-electron chi connectivity index (χ4n) is 1.84. The fourth-order valence-corrected chi connectivity index (χ4v) is 1.84. The monoisotopic (exact) mass is 315 g/mol. The molecule has 0 aliphatic heterocycles. The minimum Gasteiger partial charge on any atom is -0.355 e. The quantitative estimate of drug-likeness (QED) is 0.856. The zero-order valence-electron chi connectivity index (χ0n) is 13.5. The highest BCUT2D eigenvalue weighted by Gasteiger charge is 2.16. The predicted molar refractivity (Wildman–Crippen MR) is 86.7 cm³/mol. The minimum absolute atomic E-state index is 0.0520. The number of rotatable bonds is 6. The highest BCUT2D eigenvalue weighted by Crippen LogP contribution is 2.19. The molecule has 1 heterocycles. The van der Waals surface area contributed by atoms with E-state index in [4.69, 9.17) is 4.52 Å². The van der Waals surface area contributed by atoms with Crippen LogP contribution >= 0.6 is 0 Å². The second kappa shape index (κ2) is 7.58. The van der Waals surface area contributed by atoms with E-state index < -0.39 is 5.91 Å². The molecule has 1 atom stereocenters. The van der Waals surface area contributed by atoms with Crippen LogP contribution in [-0.2, 0) is 4.79 Å². The van der Waals surface area contributed by atoms with Crippen molar-refractivity contribution in [3.05, 3.63) is 42.1 Å². The zero-order valence-corrected chi connectivity index (χ0v) is 13.5. The Bertz CT molecular complexity index is 665. The van der Waals surface area contributed by atoms with E-state index in [0.29, 0.717) is 11.7 Å². The van der Waals surface area contributed by atoms with E-state index in [1.807, 2.05) is 51.1 Å². The summed E-state index contributed by atoms with van der Waals surface area (Å²) in [6.07, 6.45) is 0. The number of carbonyl (C=O) groups excluding carboxylic acids is 2. The molecule has 1 aromatic heterocycles. The molecular formula is C17H21N3O3. The normalized spacial score (nSPS) is 12.0. The van der Waals surface area contributed by atoms with Gasteiger partial charge in [-0.2, -0.15) is 0 Å². The third kappa shape index (κ3) is 4.67. The summed E-state index contributed by atoms with van der Waals surface area (Å²) in [5.41, 5.74) is 0.983. The maximum Gasteiger partial charge on any atom is 0.273 e. The van der Waals surface area contributed by atoms with E-state index in [2.05, 4.69) is 15.8 Å². The van der Waals surface area contributed by atoms with Crippen molar-refractivity contribution in [2.45, 2.75) is 26.8 Å². The SMILES string of the molecule is CC(C)C(C)NC(=O)CNC(=O)c1cc(-c2ccccc2)on1. The highest BCUT2D eigenvalue weighted by atomic mass is 16.5. The summed E-state index contributed by atoms with van der Waals surface area (Å²) in [4.78, 5) is 23.8. The lowest BCUT2D eigenvalue weighted by Gasteiger charge is -2.17. The topological polar surface area (TPSA) is 84.2 Å². The summed E-state index contributed by atoms with van der Waals surface area (Å²) in [5, 5.41) is 9.09. The van der Waals surface area contributed by atoms with Crippen LogP contribution in [0.15, 0.2) is 40.9 Å². The molecule has 2 aromatic rings. The molecular weight excluding hydrogens is 294 g/mol. The third-order valence-electron chi connectivity index (χ3n) is 3.60. The number of nitrogens with one attached hydrogen (secondary N) is 2. The number of nitrogens with zero attached hydrogens (tertiary/aromatic N) is 1. The van der Waals surface area contributed by atoms with Crippen LogP contribution in [0.5, 0.6) is 0 Å². The van der Waals surface area contributed by atoms with E-state index in [1.54, 1.807) is 6.07 Å². The molecule has 2 N–H and O–H groups in total. The van der Waals surface area contributed by atoms with Crippen molar-refractivity contribution in [3.63, 3.8) is 0 Å². The average Bonchev–Trinajstić information content (AvgIpc) is 3.03. The molecule has 0 saturated carbocycles. The first-order valence-corrected chi connectivity index (χ1v) is 7.57. The Balaban J connectivity index is 1.89. The molecule has 0 radical (unpaired) electrons. The smallest absolute Gasteiger partial charge is 0.273 e. The molecule has 122 valence electrons. The Morgan fingerprint density at radius 2 is 1.87 bits per heavy atom. The van der Waals surface area contributed by atoms with Gasteiger partial charge in [-0.05, 0) is 12.8 Å². The van der Waals surface area contributed by atoms with E-state index in [0.717, 1.165) is 5.56 Å². The van der Waals surface area contributed by atoms with Crippen LogP contribution in [0.4, 0.5) is 0 Å². The number of amides is 2. The van der Waals surface area contributed by atoms with Gasteiger partial charge >= 0.3 is 0 Å². The molecule has 0 bridgehead atoms. The van der Waals surface area contributed by atoms with Gasteiger partial charge in [0.25, 0.3) is 5.91 Å². The van der Waals surface area contributed by atoms with Crippen molar-refractivity contribution in [2.75, 3.05) is 6.54 Å². The van der Waals surface area contributed by atoms with Gasteiger partial charge in [0.2, 0.25) is 5.91 Å². The van der Waals surface area contributed by atoms with Crippen molar-refractivity contribution in [2.24, 2.45) is 5.92 Å². The average molecular weight is 315 g/mol. The van der Waals surface area contributed by atoms with Crippen LogP contribution < -0.4 is 10.6 Å². The largest absolute Gasteiger partial charge is 0.355 e. The van der Waals surface area contributed by atoms with Crippen LogP contribution in [-0.4, -0.2) is 29.6 Å². The minimum atomic E-state index is -0.441. The molecule has 6 heteroatoms. The van der Waals surface area contributed by atoms with Crippen LogP contribution in [0.2, 0.25) is 0 Å². The number of benzene rings is 1. The van der Waals surface area contributed by atoms with Crippen molar-refractivity contribution in [1.29, 1.82) is 0 Å². The third-order valence-corrected chi connectivity index (χ3v) is 3.60. The highest BCUT2D eigenvalue weighted by molar-refractivity contribution is 5.95. The summed E-state index contributed by atoms with van der Waals surface area (Å²) < 4.78 is 5.16. The Kier molecular flexibility index (Phi) is 5.51. The first kappa shape index (κ1) is 16.7. The Morgan fingerprint density at radius 1 is 1.17 bits per heavy atom. The molecule has 23 heavy (non-hydrogen) atoms. The number of aromatic nitrogens is 1. The summed E-state index contributed by atoms with van der Waals surface area (Å²) >= 11 is 0. The molecule has 0 spiro atoms. The first-order chi connectivity index (χ1) is 11.0. The van der Waals surface area contributed by atoms with Crippen LogP contribution in [0.1, 0.15) is 31.3 Å². The lowest BCUT2D eigenvalue weighted by atomic mass is 10.1. The predicted octanol–water partition coefficient (Wildman–Crippen LogP) is 2.23. The molecule has 0 aliphatic carbocycles. The summed E-state index contributed by atoms with van der Waals surface area (Å²) in [5.74, 6) is 0.168. The summed E-state index contributed by atoms with van der Waals surface area (Å²) in [7, 11) is 0. The lowest BCUT2D eigenvalue weighted by molar-refractivity contribution is -0.121. The Morgan fingerprint density at radius 3 is 2.52 bits per heavy atom.